The summed E-state index contributed by atoms with van der Waals surface area (Å²) in [6, 6.07) is 15.2. The molecule has 1 aromatic carbocycles. The second-order valence-corrected chi connectivity index (χ2v) is 6.41. The van der Waals surface area contributed by atoms with Crippen LogP contribution in [0.5, 0.6) is 0 Å². The summed E-state index contributed by atoms with van der Waals surface area (Å²) >= 11 is 0. The van der Waals surface area contributed by atoms with Crippen LogP contribution in [-0.2, 0) is 6.54 Å². The highest BCUT2D eigenvalue weighted by molar-refractivity contribution is 6.02. The summed E-state index contributed by atoms with van der Waals surface area (Å²) in [6.07, 6.45) is 3.80. The van der Waals surface area contributed by atoms with Crippen molar-refractivity contribution in [2.75, 3.05) is 13.1 Å². The maximum absolute atomic E-state index is 12.8. The second kappa shape index (κ2) is 7.00. The van der Waals surface area contributed by atoms with Gasteiger partial charge in [-0.25, -0.2) is 4.98 Å². The smallest absolute Gasteiger partial charge is 0.290 e. The highest BCUT2D eigenvalue weighted by Crippen LogP contribution is 2.17. The molecule has 0 radical (unpaired) electrons. The van der Waals surface area contributed by atoms with Crippen LogP contribution in [0.2, 0.25) is 0 Å². The van der Waals surface area contributed by atoms with Crippen molar-refractivity contribution in [3.05, 3.63) is 71.8 Å². The number of hydrogen-bond donors (Lipinski definition) is 1. The van der Waals surface area contributed by atoms with Crippen LogP contribution < -0.4 is 5.32 Å². The van der Waals surface area contributed by atoms with Crippen LogP contribution in [-0.4, -0.2) is 39.2 Å². The Morgan fingerprint density at radius 1 is 1.00 bits per heavy atom. The maximum atomic E-state index is 12.8. The van der Waals surface area contributed by atoms with E-state index in [-0.39, 0.29) is 17.5 Å². The predicted molar refractivity (Wildman–Crippen MR) is 97.9 cm³/mol. The van der Waals surface area contributed by atoms with Crippen LogP contribution in [0.3, 0.4) is 0 Å². The molecule has 0 spiro atoms. The highest BCUT2D eigenvalue weighted by Gasteiger charge is 2.26. The fourth-order valence-electron chi connectivity index (χ4n) is 3.28. The third kappa shape index (κ3) is 3.06. The number of fused-ring (bicyclic) bond motifs is 1. The van der Waals surface area contributed by atoms with E-state index in [4.69, 9.17) is 0 Å². The number of aromatic nitrogens is 2. The Labute approximate surface area is 151 Å². The zero-order valence-corrected chi connectivity index (χ0v) is 14.4. The number of nitrogens with zero attached hydrogens (tertiary/aromatic N) is 3. The van der Waals surface area contributed by atoms with E-state index in [2.05, 4.69) is 10.3 Å². The summed E-state index contributed by atoms with van der Waals surface area (Å²) in [5, 5.41) is 2.89. The zero-order valence-electron chi connectivity index (χ0n) is 14.4. The van der Waals surface area contributed by atoms with E-state index in [0.717, 1.165) is 31.5 Å². The molecule has 0 unspecified atom stereocenters. The second-order valence-electron chi connectivity index (χ2n) is 6.41. The largest absolute Gasteiger partial charge is 0.347 e. The zero-order chi connectivity index (χ0) is 17.9. The lowest BCUT2D eigenvalue weighted by atomic mass is 10.2. The van der Waals surface area contributed by atoms with E-state index in [0.29, 0.717) is 17.9 Å². The fraction of sp³-hybridized carbons (Fsp3) is 0.250. The van der Waals surface area contributed by atoms with Gasteiger partial charge < -0.3 is 10.2 Å². The summed E-state index contributed by atoms with van der Waals surface area (Å²) in [4.78, 5) is 31.7. The summed E-state index contributed by atoms with van der Waals surface area (Å²) in [5.41, 5.74) is 1.93. The number of benzene rings is 1. The van der Waals surface area contributed by atoms with Crippen molar-refractivity contribution in [3.63, 3.8) is 0 Å². The van der Waals surface area contributed by atoms with Crippen molar-refractivity contribution >= 4 is 17.3 Å². The van der Waals surface area contributed by atoms with Crippen LogP contribution in [0.1, 0.15) is 39.5 Å². The molecule has 2 amide bonds. The molecule has 1 N–H and O–H groups in total. The third-order valence-corrected chi connectivity index (χ3v) is 4.64. The van der Waals surface area contributed by atoms with Gasteiger partial charge in [0.15, 0.2) is 5.69 Å². The van der Waals surface area contributed by atoms with Gasteiger partial charge in [-0.2, -0.15) is 0 Å². The number of imidazole rings is 1. The first kappa shape index (κ1) is 16.3. The molecule has 3 heterocycles. The molecular weight excluding hydrogens is 328 g/mol. The van der Waals surface area contributed by atoms with Crippen molar-refractivity contribution < 1.29 is 9.59 Å². The van der Waals surface area contributed by atoms with Crippen molar-refractivity contribution in [2.45, 2.75) is 19.4 Å². The van der Waals surface area contributed by atoms with Crippen molar-refractivity contribution in [3.8, 4) is 0 Å². The minimum atomic E-state index is -0.280. The number of nitrogens with one attached hydrogen (secondary N) is 1. The minimum Gasteiger partial charge on any atom is -0.347 e. The Kier molecular flexibility index (Phi) is 4.39. The van der Waals surface area contributed by atoms with E-state index < -0.39 is 0 Å². The Balaban J connectivity index is 1.62. The quantitative estimate of drug-likeness (QED) is 0.788. The number of likely N-dealkylation sites (tertiary alicyclic amines) is 1. The fourth-order valence-corrected chi connectivity index (χ4v) is 3.28. The van der Waals surface area contributed by atoms with E-state index in [1.807, 2.05) is 48.5 Å². The summed E-state index contributed by atoms with van der Waals surface area (Å²) in [5.74, 6) is -0.101. The van der Waals surface area contributed by atoms with Gasteiger partial charge in [-0.05, 0) is 30.5 Å². The molecular formula is C20H20N4O2. The first-order valence-corrected chi connectivity index (χ1v) is 8.82. The van der Waals surface area contributed by atoms with Crippen molar-refractivity contribution in [1.29, 1.82) is 0 Å². The van der Waals surface area contributed by atoms with Gasteiger partial charge in [0.2, 0.25) is 5.82 Å². The Morgan fingerprint density at radius 3 is 2.50 bits per heavy atom. The number of rotatable bonds is 4. The van der Waals surface area contributed by atoms with Gasteiger partial charge in [0.25, 0.3) is 11.8 Å². The van der Waals surface area contributed by atoms with Gasteiger partial charge in [0.05, 0.1) is 5.52 Å². The lowest BCUT2D eigenvalue weighted by Gasteiger charge is -2.13. The molecule has 6 heteroatoms. The van der Waals surface area contributed by atoms with Crippen LogP contribution in [0, 0.1) is 0 Å². The van der Waals surface area contributed by atoms with Gasteiger partial charge in [0.1, 0.15) is 0 Å². The van der Waals surface area contributed by atoms with E-state index in [1.54, 1.807) is 15.5 Å². The molecule has 6 nitrogen and oxygen atoms in total. The van der Waals surface area contributed by atoms with E-state index in [1.165, 1.54) is 0 Å². The Hall–Kier alpha value is -3.15. The Bertz CT molecular complexity index is 943. The average molecular weight is 348 g/mol. The van der Waals surface area contributed by atoms with Crippen LogP contribution in [0.25, 0.3) is 5.52 Å². The summed E-state index contributed by atoms with van der Waals surface area (Å²) < 4.78 is 1.71. The maximum Gasteiger partial charge on any atom is 0.290 e. The van der Waals surface area contributed by atoms with E-state index >= 15 is 0 Å². The lowest BCUT2D eigenvalue weighted by Crippen LogP contribution is -2.29. The van der Waals surface area contributed by atoms with Crippen LogP contribution >= 0.6 is 0 Å². The first-order chi connectivity index (χ1) is 12.7. The first-order valence-electron chi connectivity index (χ1n) is 8.82. The average Bonchev–Trinajstić information content (AvgIpc) is 3.35. The van der Waals surface area contributed by atoms with Crippen LogP contribution in [0.15, 0.2) is 54.7 Å². The van der Waals surface area contributed by atoms with Gasteiger partial charge >= 0.3 is 0 Å². The van der Waals surface area contributed by atoms with Crippen LogP contribution in [0.4, 0.5) is 0 Å². The third-order valence-electron chi connectivity index (χ3n) is 4.64. The van der Waals surface area contributed by atoms with E-state index in [9.17, 15) is 9.59 Å². The molecule has 0 aliphatic carbocycles. The summed E-state index contributed by atoms with van der Waals surface area (Å²) in [7, 11) is 0. The number of hydrogen-bond acceptors (Lipinski definition) is 3. The lowest BCUT2D eigenvalue weighted by molar-refractivity contribution is 0.0780. The molecule has 26 heavy (non-hydrogen) atoms. The molecule has 0 atom stereocenters. The van der Waals surface area contributed by atoms with Crippen molar-refractivity contribution in [1.82, 2.24) is 19.6 Å². The number of pyridine rings is 1. The molecule has 0 saturated carbocycles. The molecule has 3 aromatic rings. The highest BCUT2D eigenvalue weighted by atomic mass is 16.2. The topological polar surface area (TPSA) is 66.7 Å². The number of carbonyl (C=O) groups is 2. The normalized spacial score (nSPS) is 13.9. The van der Waals surface area contributed by atoms with Gasteiger partial charge in [0, 0.05) is 25.8 Å². The van der Waals surface area contributed by atoms with Crippen molar-refractivity contribution in [2.24, 2.45) is 0 Å². The Morgan fingerprint density at radius 2 is 1.73 bits per heavy atom. The molecule has 1 aliphatic heterocycles. The van der Waals surface area contributed by atoms with Gasteiger partial charge in [-0.15, -0.1) is 0 Å². The van der Waals surface area contributed by atoms with Gasteiger partial charge in [-0.3, -0.25) is 14.0 Å². The SMILES string of the molecule is O=C(NCc1ccccc1)c1nc(C(=O)N2CCCC2)n2ccccc12. The minimum absolute atomic E-state index is 0.120. The number of carbonyl (C=O) groups excluding carboxylic acids is 2. The predicted octanol–water partition coefficient (Wildman–Crippen LogP) is 2.50. The molecule has 132 valence electrons. The molecule has 1 saturated heterocycles. The summed E-state index contributed by atoms with van der Waals surface area (Å²) in [6.45, 7) is 1.91. The molecule has 1 aliphatic rings. The number of amides is 2. The monoisotopic (exact) mass is 348 g/mol. The molecule has 2 aromatic heterocycles. The van der Waals surface area contributed by atoms with Gasteiger partial charge in [-0.1, -0.05) is 36.4 Å². The molecule has 1 fully saturated rings. The molecule has 0 bridgehead atoms. The molecule has 4 rings (SSSR count). The standard InChI is InChI=1S/C20H20N4O2/c25-19(21-14-15-8-2-1-3-9-15)17-16-10-4-5-13-24(16)18(22-17)20(26)23-11-6-7-12-23/h1-5,8-10,13H,6-7,11-12,14H2,(H,21,25).